The molecule has 0 saturated heterocycles. The van der Waals surface area contributed by atoms with Crippen molar-refractivity contribution in [3.05, 3.63) is 59.4 Å². The molecule has 0 N–H and O–H groups in total. The smallest absolute Gasteiger partial charge is 0.123 e. The molecule has 0 amide bonds. The number of fused-ring (bicyclic) bond motifs is 1. The SMILES string of the molecule is Fc1ccc(Sc2ccc3c(c2)CCCC3)cc1. The van der Waals surface area contributed by atoms with Crippen LogP contribution in [0.2, 0.25) is 0 Å². The minimum atomic E-state index is -0.176. The van der Waals surface area contributed by atoms with Crippen LogP contribution in [0.5, 0.6) is 0 Å². The number of halogens is 1. The molecule has 0 unspecified atom stereocenters. The summed E-state index contributed by atoms with van der Waals surface area (Å²) < 4.78 is 12.8. The van der Waals surface area contributed by atoms with E-state index >= 15 is 0 Å². The molecule has 0 saturated carbocycles. The van der Waals surface area contributed by atoms with Gasteiger partial charge in [-0.15, -0.1) is 0 Å². The van der Waals surface area contributed by atoms with Crippen molar-refractivity contribution >= 4 is 11.8 Å². The van der Waals surface area contributed by atoms with Gasteiger partial charge in [0.25, 0.3) is 0 Å². The monoisotopic (exact) mass is 258 g/mol. The third kappa shape index (κ3) is 2.59. The first-order valence-corrected chi connectivity index (χ1v) is 7.18. The van der Waals surface area contributed by atoms with Crippen LogP contribution in [-0.2, 0) is 12.8 Å². The highest BCUT2D eigenvalue weighted by Gasteiger charge is 2.09. The summed E-state index contributed by atoms with van der Waals surface area (Å²) >= 11 is 1.70. The maximum Gasteiger partial charge on any atom is 0.123 e. The molecule has 0 fully saturated rings. The van der Waals surface area contributed by atoms with E-state index in [1.807, 2.05) is 12.1 Å². The van der Waals surface area contributed by atoms with E-state index in [0.29, 0.717) is 0 Å². The van der Waals surface area contributed by atoms with E-state index in [0.717, 1.165) is 4.90 Å². The second-order valence-electron chi connectivity index (χ2n) is 4.69. The van der Waals surface area contributed by atoms with Gasteiger partial charge in [0.2, 0.25) is 0 Å². The summed E-state index contributed by atoms with van der Waals surface area (Å²) in [6.45, 7) is 0. The molecule has 0 heterocycles. The van der Waals surface area contributed by atoms with Crippen molar-refractivity contribution in [2.75, 3.05) is 0 Å². The van der Waals surface area contributed by atoms with Gasteiger partial charge >= 0.3 is 0 Å². The van der Waals surface area contributed by atoms with Crippen molar-refractivity contribution in [3.63, 3.8) is 0 Å². The third-order valence-electron chi connectivity index (χ3n) is 3.37. The van der Waals surface area contributed by atoms with Gasteiger partial charge in [-0.05, 0) is 73.2 Å². The second-order valence-corrected chi connectivity index (χ2v) is 5.84. The number of hydrogen-bond acceptors (Lipinski definition) is 1. The van der Waals surface area contributed by atoms with Gasteiger partial charge in [0.1, 0.15) is 5.82 Å². The second kappa shape index (κ2) is 5.15. The van der Waals surface area contributed by atoms with Gasteiger partial charge in [-0.25, -0.2) is 4.39 Å². The molecule has 0 atom stereocenters. The van der Waals surface area contributed by atoms with Gasteiger partial charge in [0.05, 0.1) is 0 Å². The van der Waals surface area contributed by atoms with Gasteiger partial charge in [0, 0.05) is 9.79 Å². The third-order valence-corrected chi connectivity index (χ3v) is 4.37. The molecule has 0 aliphatic heterocycles. The molecule has 3 rings (SSSR count). The molecule has 1 aliphatic carbocycles. The number of benzene rings is 2. The number of aryl methyl sites for hydroxylation is 2. The number of hydrogen-bond donors (Lipinski definition) is 0. The van der Waals surface area contributed by atoms with E-state index in [2.05, 4.69) is 18.2 Å². The molecular weight excluding hydrogens is 243 g/mol. The van der Waals surface area contributed by atoms with E-state index in [1.165, 1.54) is 53.8 Å². The van der Waals surface area contributed by atoms with Crippen LogP contribution in [0.25, 0.3) is 0 Å². The van der Waals surface area contributed by atoms with Crippen LogP contribution in [-0.4, -0.2) is 0 Å². The Morgan fingerprint density at radius 1 is 0.778 bits per heavy atom. The van der Waals surface area contributed by atoms with Crippen LogP contribution >= 0.6 is 11.8 Å². The minimum Gasteiger partial charge on any atom is -0.207 e. The largest absolute Gasteiger partial charge is 0.207 e. The van der Waals surface area contributed by atoms with E-state index in [9.17, 15) is 4.39 Å². The van der Waals surface area contributed by atoms with Crippen molar-refractivity contribution in [2.24, 2.45) is 0 Å². The van der Waals surface area contributed by atoms with Gasteiger partial charge in [-0.1, -0.05) is 17.8 Å². The Kier molecular flexibility index (Phi) is 3.37. The predicted octanol–water partition coefficient (Wildman–Crippen LogP) is 4.86. The van der Waals surface area contributed by atoms with Crippen LogP contribution in [0.4, 0.5) is 4.39 Å². The van der Waals surface area contributed by atoms with Crippen molar-refractivity contribution in [1.82, 2.24) is 0 Å². The lowest BCUT2D eigenvalue weighted by Gasteiger charge is -2.16. The van der Waals surface area contributed by atoms with E-state index in [-0.39, 0.29) is 5.82 Å². The fourth-order valence-corrected chi connectivity index (χ4v) is 3.29. The Balaban J connectivity index is 1.82. The molecule has 2 aromatic carbocycles. The summed E-state index contributed by atoms with van der Waals surface area (Å²) in [6.07, 6.45) is 5.04. The summed E-state index contributed by atoms with van der Waals surface area (Å²) in [4.78, 5) is 2.34. The molecule has 0 bridgehead atoms. The zero-order valence-electron chi connectivity index (χ0n) is 10.2. The maximum absolute atomic E-state index is 12.8. The summed E-state index contributed by atoms with van der Waals surface area (Å²) in [5, 5.41) is 0. The normalized spacial score (nSPS) is 14.3. The lowest BCUT2D eigenvalue weighted by Crippen LogP contribution is -2.01. The van der Waals surface area contributed by atoms with Crippen LogP contribution in [0.15, 0.2) is 52.3 Å². The Bertz CT molecular complexity index is 546. The summed E-state index contributed by atoms with van der Waals surface area (Å²) in [6, 6.07) is 13.4. The molecule has 0 spiro atoms. The summed E-state index contributed by atoms with van der Waals surface area (Å²) in [5.74, 6) is -0.176. The number of rotatable bonds is 2. The van der Waals surface area contributed by atoms with Crippen LogP contribution in [0, 0.1) is 5.82 Å². The maximum atomic E-state index is 12.8. The standard InChI is InChI=1S/C16H15FS/c17-14-6-9-15(10-7-14)18-16-8-5-12-3-1-2-4-13(12)11-16/h5-11H,1-4H2. The quantitative estimate of drug-likeness (QED) is 0.741. The van der Waals surface area contributed by atoms with Crippen molar-refractivity contribution < 1.29 is 4.39 Å². The Hall–Kier alpha value is -1.28. The van der Waals surface area contributed by atoms with Crippen LogP contribution in [0.3, 0.4) is 0 Å². The highest BCUT2D eigenvalue weighted by Crippen LogP contribution is 2.31. The Morgan fingerprint density at radius 2 is 1.44 bits per heavy atom. The first-order chi connectivity index (χ1) is 8.81. The van der Waals surface area contributed by atoms with Gasteiger partial charge in [-0.2, -0.15) is 0 Å². The fourth-order valence-electron chi connectivity index (χ4n) is 2.41. The minimum absolute atomic E-state index is 0.176. The zero-order valence-corrected chi connectivity index (χ0v) is 11.0. The van der Waals surface area contributed by atoms with Crippen molar-refractivity contribution in [2.45, 2.75) is 35.5 Å². The van der Waals surface area contributed by atoms with Gasteiger partial charge in [0.15, 0.2) is 0 Å². The molecule has 18 heavy (non-hydrogen) atoms. The van der Waals surface area contributed by atoms with Gasteiger partial charge in [-0.3, -0.25) is 0 Å². The lowest BCUT2D eigenvalue weighted by molar-refractivity contribution is 0.626. The topological polar surface area (TPSA) is 0 Å². The van der Waals surface area contributed by atoms with Crippen LogP contribution < -0.4 is 0 Å². The molecule has 1 aliphatic rings. The van der Waals surface area contributed by atoms with E-state index in [4.69, 9.17) is 0 Å². The molecular formula is C16H15FS. The molecule has 0 aromatic heterocycles. The van der Waals surface area contributed by atoms with E-state index in [1.54, 1.807) is 11.8 Å². The van der Waals surface area contributed by atoms with E-state index < -0.39 is 0 Å². The summed E-state index contributed by atoms with van der Waals surface area (Å²) in [5.41, 5.74) is 3.00. The first kappa shape index (κ1) is 11.8. The Morgan fingerprint density at radius 3 is 2.22 bits per heavy atom. The van der Waals surface area contributed by atoms with Crippen molar-refractivity contribution in [3.8, 4) is 0 Å². The predicted molar refractivity (Wildman–Crippen MR) is 73.6 cm³/mol. The molecule has 2 heteroatoms. The lowest BCUT2D eigenvalue weighted by atomic mass is 9.92. The Labute approximate surface area is 111 Å². The van der Waals surface area contributed by atoms with Crippen LogP contribution in [0.1, 0.15) is 24.0 Å². The average molecular weight is 258 g/mol. The summed E-state index contributed by atoms with van der Waals surface area (Å²) in [7, 11) is 0. The zero-order chi connectivity index (χ0) is 12.4. The fraction of sp³-hybridized carbons (Fsp3) is 0.250. The molecule has 0 radical (unpaired) electrons. The molecule has 92 valence electrons. The molecule has 0 nitrogen and oxygen atoms in total. The molecule has 2 aromatic rings. The highest BCUT2D eigenvalue weighted by atomic mass is 32.2. The first-order valence-electron chi connectivity index (χ1n) is 6.36. The highest BCUT2D eigenvalue weighted by molar-refractivity contribution is 7.99. The van der Waals surface area contributed by atoms with Gasteiger partial charge < -0.3 is 0 Å². The average Bonchev–Trinajstić information content (AvgIpc) is 2.41. The van der Waals surface area contributed by atoms with Crippen molar-refractivity contribution in [1.29, 1.82) is 0 Å².